The summed E-state index contributed by atoms with van der Waals surface area (Å²) in [5.74, 6) is 1.05. The maximum atomic E-state index is 2.65. The Balaban J connectivity index is 1.31. The topological polar surface area (TPSA) is 6.48 Å². The SMILES string of the molecule is CC(C)(C)c1ccc(N(c2ccc([Si](C)(C)C)cc2)c2cc(C3CCCCC3)c3ccc4c(N(c5ccc(C(C)(C)C)cc5)c5ccc([Si](C)(C)C)cc5)cc(C5CCCCC5)c5ccc2c3c54)cc1. The smallest absolute Gasteiger partial charge is 0.0775 e. The van der Waals surface area contributed by atoms with Crippen LogP contribution >= 0.6 is 0 Å². The molecule has 8 aromatic carbocycles. The lowest BCUT2D eigenvalue weighted by atomic mass is 9.77. The van der Waals surface area contributed by atoms with Crippen molar-refractivity contribution in [3.63, 3.8) is 0 Å². The lowest BCUT2D eigenvalue weighted by Gasteiger charge is -2.34. The summed E-state index contributed by atoms with van der Waals surface area (Å²) in [6.07, 6.45) is 12.9. The van der Waals surface area contributed by atoms with Gasteiger partial charge in [-0.15, -0.1) is 0 Å². The predicted octanol–water partition coefficient (Wildman–Crippen LogP) is 19.3. The third-order valence-electron chi connectivity index (χ3n) is 16.5. The minimum atomic E-state index is -1.53. The summed E-state index contributed by atoms with van der Waals surface area (Å²) in [4.78, 5) is 5.23. The Morgan fingerprint density at radius 2 is 0.643 bits per heavy atom. The van der Waals surface area contributed by atoms with E-state index in [9.17, 15) is 0 Å². The standard InChI is InChI=1S/C66H80N2Si2/c1-65(2,3)47-23-27-49(28-24-47)67(51-31-35-53(36-32-51)69(7,8)9)61-43-59(45-19-15-13-16-20-45)55-40-42-58-62(44-60(46-21-17-14-18-22-46)56-39-41-57(61)63(55)64(56)58)68(50-29-25-48(26-30-50)66(4,5)6)52-33-37-54(38-34-52)70(10,11)12/h23-46H,13-22H2,1-12H3. The van der Waals surface area contributed by atoms with Gasteiger partial charge in [0, 0.05) is 33.5 Å². The van der Waals surface area contributed by atoms with E-state index < -0.39 is 16.1 Å². The van der Waals surface area contributed by atoms with Crippen molar-refractivity contribution in [1.29, 1.82) is 0 Å². The molecule has 0 atom stereocenters. The molecule has 0 amide bonds. The van der Waals surface area contributed by atoms with Gasteiger partial charge in [0.05, 0.1) is 27.5 Å². The number of hydrogen-bond donors (Lipinski definition) is 0. The van der Waals surface area contributed by atoms with Gasteiger partial charge < -0.3 is 9.80 Å². The Hall–Kier alpha value is -5.17. The van der Waals surface area contributed by atoms with Gasteiger partial charge in [0.25, 0.3) is 0 Å². The second-order valence-corrected chi connectivity index (χ2v) is 35.7. The van der Waals surface area contributed by atoms with E-state index in [1.54, 1.807) is 0 Å². The second kappa shape index (κ2) is 18.5. The molecule has 2 nitrogen and oxygen atoms in total. The fourth-order valence-electron chi connectivity index (χ4n) is 12.2. The first-order chi connectivity index (χ1) is 33.3. The summed E-state index contributed by atoms with van der Waals surface area (Å²) in [7, 11) is -3.05. The molecule has 4 heteroatoms. The van der Waals surface area contributed by atoms with Crippen LogP contribution in [-0.4, -0.2) is 16.1 Å². The maximum absolute atomic E-state index is 2.65. The zero-order chi connectivity index (χ0) is 49.3. The van der Waals surface area contributed by atoms with Gasteiger partial charge in [-0.3, -0.25) is 0 Å². The first-order valence-corrected chi connectivity index (χ1v) is 34.1. The highest BCUT2D eigenvalue weighted by molar-refractivity contribution is 6.89. The van der Waals surface area contributed by atoms with Crippen LogP contribution in [0.4, 0.5) is 34.1 Å². The Morgan fingerprint density at radius 1 is 0.357 bits per heavy atom. The van der Waals surface area contributed by atoms with Gasteiger partial charge in [0.1, 0.15) is 0 Å². The van der Waals surface area contributed by atoms with Crippen molar-refractivity contribution < 1.29 is 0 Å². The summed E-state index contributed by atoms with van der Waals surface area (Å²) in [5.41, 5.74) is 13.4. The van der Waals surface area contributed by atoms with E-state index >= 15 is 0 Å². The monoisotopic (exact) mass is 957 g/mol. The van der Waals surface area contributed by atoms with Gasteiger partial charge in [-0.1, -0.05) is 203 Å². The molecule has 0 N–H and O–H groups in total. The van der Waals surface area contributed by atoms with Crippen molar-refractivity contribution in [2.45, 2.75) is 168 Å². The molecular formula is C66H80N2Si2. The molecule has 0 radical (unpaired) electrons. The molecule has 2 saturated carbocycles. The molecule has 0 aromatic heterocycles. The fourth-order valence-corrected chi connectivity index (χ4v) is 14.5. The summed E-state index contributed by atoms with van der Waals surface area (Å²) in [5, 5.41) is 11.5. The van der Waals surface area contributed by atoms with Crippen LogP contribution in [-0.2, 0) is 10.8 Å². The molecular weight excluding hydrogens is 877 g/mol. The average molecular weight is 958 g/mol. The molecule has 10 rings (SSSR count). The first kappa shape index (κ1) is 48.5. The normalized spacial score (nSPS) is 15.9. The van der Waals surface area contributed by atoms with Crippen LogP contribution in [0.1, 0.15) is 140 Å². The van der Waals surface area contributed by atoms with E-state index in [4.69, 9.17) is 0 Å². The summed E-state index contributed by atoms with van der Waals surface area (Å²) < 4.78 is 0. The van der Waals surface area contributed by atoms with E-state index in [0.717, 1.165) is 0 Å². The predicted molar refractivity (Wildman–Crippen MR) is 315 cm³/mol. The molecule has 0 unspecified atom stereocenters. The van der Waals surface area contributed by atoms with Gasteiger partial charge in [-0.25, -0.2) is 0 Å². The van der Waals surface area contributed by atoms with E-state index in [1.807, 2.05) is 0 Å². The zero-order valence-electron chi connectivity index (χ0n) is 44.8. The number of anilines is 6. The molecule has 0 bridgehead atoms. The Kier molecular flexibility index (Phi) is 12.8. The summed E-state index contributed by atoms with van der Waals surface area (Å²) >= 11 is 0. The largest absolute Gasteiger partial charge is 0.310 e. The molecule has 0 spiro atoms. The van der Waals surface area contributed by atoms with Crippen molar-refractivity contribution in [2.75, 3.05) is 9.80 Å². The highest BCUT2D eigenvalue weighted by Crippen LogP contribution is 2.53. The third-order valence-corrected chi connectivity index (χ3v) is 20.6. The van der Waals surface area contributed by atoms with E-state index in [1.165, 1.54) is 163 Å². The lowest BCUT2D eigenvalue weighted by molar-refractivity contribution is 0.445. The van der Waals surface area contributed by atoms with Crippen LogP contribution in [0, 0.1) is 0 Å². The molecule has 2 aliphatic carbocycles. The number of nitrogens with zero attached hydrogens (tertiary/aromatic N) is 2. The fraction of sp³-hybridized carbons (Fsp3) is 0.394. The van der Waals surface area contributed by atoms with E-state index in [0.29, 0.717) is 11.8 Å². The van der Waals surface area contributed by atoms with Crippen LogP contribution in [0.3, 0.4) is 0 Å². The van der Waals surface area contributed by atoms with Gasteiger partial charge in [-0.2, -0.15) is 0 Å². The molecule has 8 aromatic rings. The lowest BCUT2D eigenvalue weighted by Crippen LogP contribution is -2.37. The third kappa shape index (κ3) is 9.29. The summed E-state index contributed by atoms with van der Waals surface area (Å²) in [6, 6.07) is 53.9. The minimum Gasteiger partial charge on any atom is -0.310 e. The Labute approximate surface area is 423 Å². The van der Waals surface area contributed by atoms with Gasteiger partial charge in [0.15, 0.2) is 0 Å². The number of rotatable bonds is 10. The van der Waals surface area contributed by atoms with Gasteiger partial charge in [0.2, 0.25) is 0 Å². The molecule has 0 saturated heterocycles. The minimum absolute atomic E-state index is 0.0656. The van der Waals surface area contributed by atoms with Gasteiger partial charge in [-0.05, 0) is 153 Å². The molecule has 0 aliphatic heterocycles. The average Bonchev–Trinajstić information content (AvgIpc) is 3.34. The van der Waals surface area contributed by atoms with Crippen molar-refractivity contribution in [3.8, 4) is 0 Å². The number of benzene rings is 8. The molecule has 2 aliphatic rings. The molecule has 362 valence electrons. The van der Waals surface area contributed by atoms with Crippen molar-refractivity contribution in [3.05, 3.63) is 156 Å². The van der Waals surface area contributed by atoms with Gasteiger partial charge >= 0.3 is 0 Å². The van der Waals surface area contributed by atoms with Crippen LogP contribution < -0.4 is 20.2 Å². The van der Waals surface area contributed by atoms with Crippen LogP contribution in [0.15, 0.2) is 133 Å². The van der Waals surface area contributed by atoms with Crippen LogP contribution in [0.5, 0.6) is 0 Å². The maximum Gasteiger partial charge on any atom is 0.0775 e. The highest BCUT2D eigenvalue weighted by atomic mass is 28.3. The van der Waals surface area contributed by atoms with E-state index in [-0.39, 0.29) is 10.8 Å². The van der Waals surface area contributed by atoms with Crippen molar-refractivity contribution in [2.24, 2.45) is 0 Å². The Bertz CT molecular complexity index is 2780. The Morgan fingerprint density at radius 3 is 0.929 bits per heavy atom. The number of hydrogen-bond acceptors (Lipinski definition) is 2. The molecule has 0 heterocycles. The van der Waals surface area contributed by atoms with Crippen molar-refractivity contribution in [1.82, 2.24) is 0 Å². The quantitative estimate of drug-likeness (QED) is 0.0995. The van der Waals surface area contributed by atoms with Crippen LogP contribution in [0.2, 0.25) is 39.3 Å². The van der Waals surface area contributed by atoms with E-state index in [2.05, 4.69) is 224 Å². The highest BCUT2D eigenvalue weighted by Gasteiger charge is 2.30. The van der Waals surface area contributed by atoms with Crippen molar-refractivity contribution >= 4 is 93.0 Å². The molecule has 70 heavy (non-hydrogen) atoms. The first-order valence-electron chi connectivity index (χ1n) is 27.1. The molecule has 2 fully saturated rings. The van der Waals surface area contributed by atoms with Crippen LogP contribution in [0.25, 0.3) is 32.3 Å². The second-order valence-electron chi connectivity index (χ2n) is 25.6. The zero-order valence-corrected chi connectivity index (χ0v) is 46.8. The summed E-state index contributed by atoms with van der Waals surface area (Å²) in [6.45, 7) is 28.7.